The Labute approximate surface area is 162 Å². The van der Waals surface area contributed by atoms with Crippen molar-refractivity contribution < 1.29 is 4.79 Å². The standard InChI is InChI=1S/C21H17ClN4O/c22-18-5-1-3-15(9-18)7-8-25-20-11-17(13-24-14-20)21(27)26-19-6-2-4-16(10-19)12-23/h1-6,9-11,13-14,25H,7-8H2,(H,26,27). The van der Waals surface area contributed by atoms with Gasteiger partial charge in [-0.1, -0.05) is 29.8 Å². The Morgan fingerprint density at radius 1 is 1.07 bits per heavy atom. The zero-order chi connectivity index (χ0) is 19.1. The van der Waals surface area contributed by atoms with Gasteiger partial charge in [0, 0.05) is 29.6 Å². The molecule has 0 fully saturated rings. The molecule has 0 saturated heterocycles. The molecule has 6 heteroatoms. The van der Waals surface area contributed by atoms with E-state index in [1.165, 1.54) is 6.20 Å². The van der Waals surface area contributed by atoms with Crippen molar-refractivity contribution >= 4 is 28.9 Å². The van der Waals surface area contributed by atoms with Gasteiger partial charge in [-0.25, -0.2) is 0 Å². The summed E-state index contributed by atoms with van der Waals surface area (Å²) >= 11 is 5.99. The predicted molar refractivity (Wildman–Crippen MR) is 107 cm³/mol. The van der Waals surface area contributed by atoms with Crippen LogP contribution < -0.4 is 10.6 Å². The molecule has 0 bridgehead atoms. The Kier molecular flexibility index (Phi) is 6.03. The molecular weight excluding hydrogens is 360 g/mol. The van der Waals surface area contributed by atoms with E-state index in [1.54, 1.807) is 36.5 Å². The van der Waals surface area contributed by atoms with Gasteiger partial charge in [-0.05, 0) is 48.4 Å². The molecular formula is C21H17ClN4O. The van der Waals surface area contributed by atoms with Gasteiger partial charge in [-0.15, -0.1) is 0 Å². The Hall–Kier alpha value is -3.36. The second-order valence-corrected chi connectivity index (χ2v) is 6.35. The number of amides is 1. The first-order chi connectivity index (χ1) is 13.1. The Morgan fingerprint density at radius 2 is 1.93 bits per heavy atom. The van der Waals surface area contributed by atoms with Crippen molar-refractivity contribution in [2.24, 2.45) is 0 Å². The molecule has 0 unspecified atom stereocenters. The quantitative estimate of drug-likeness (QED) is 0.663. The van der Waals surface area contributed by atoms with Gasteiger partial charge in [-0.3, -0.25) is 9.78 Å². The number of hydrogen-bond acceptors (Lipinski definition) is 4. The minimum atomic E-state index is -0.281. The summed E-state index contributed by atoms with van der Waals surface area (Å²) in [6, 6.07) is 18.3. The molecule has 2 aromatic carbocycles. The van der Waals surface area contributed by atoms with Crippen molar-refractivity contribution in [1.82, 2.24) is 4.98 Å². The molecule has 3 aromatic rings. The van der Waals surface area contributed by atoms with E-state index in [0.717, 1.165) is 17.7 Å². The summed E-state index contributed by atoms with van der Waals surface area (Å²) in [6.45, 7) is 0.692. The minimum absolute atomic E-state index is 0.281. The van der Waals surface area contributed by atoms with Crippen LogP contribution >= 0.6 is 11.6 Å². The number of nitrogens with zero attached hydrogens (tertiary/aromatic N) is 2. The smallest absolute Gasteiger partial charge is 0.257 e. The SMILES string of the molecule is N#Cc1cccc(NC(=O)c2cncc(NCCc3cccc(Cl)c3)c2)c1. The van der Waals surface area contributed by atoms with Crippen LogP contribution in [0.15, 0.2) is 67.0 Å². The van der Waals surface area contributed by atoms with Crippen LogP contribution in [0.3, 0.4) is 0 Å². The molecule has 0 aliphatic rings. The van der Waals surface area contributed by atoms with Gasteiger partial charge in [0.05, 0.1) is 22.9 Å². The molecule has 5 nitrogen and oxygen atoms in total. The number of aromatic nitrogens is 1. The van der Waals surface area contributed by atoms with E-state index in [-0.39, 0.29) is 5.91 Å². The minimum Gasteiger partial charge on any atom is -0.383 e. The highest BCUT2D eigenvalue weighted by molar-refractivity contribution is 6.30. The van der Waals surface area contributed by atoms with Crippen molar-refractivity contribution in [3.05, 3.63) is 88.7 Å². The van der Waals surface area contributed by atoms with Crippen molar-refractivity contribution in [3.8, 4) is 6.07 Å². The summed E-state index contributed by atoms with van der Waals surface area (Å²) in [5.41, 5.74) is 3.38. The first-order valence-corrected chi connectivity index (χ1v) is 8.77. The molecule has 0 spiro atoms. The Morgan fingerprint density at radius 3 is 2.74 bits per heavy atom. The van der Waals surface area contributed by atoms with E-state index in [9.17, 15) is 4.79 Å². The third kappa shape index (κ3) is 5.30. The van der Waals surface area contributed by atoms with E-state index in [0.29, 0.717) is 28.4 Å². The number of hydrogen-bond donors (Lipinski definition) is 2. The molecule has 0 radical (unpaired) electrons. The summed E-state index contributed by atoms with van der Waals surface area (Å²) in [7, 11) is 0. The van der Waals surface area contributed by atoms with Gasteiger partial charge in [-0.2, -0.15) is 5.26 Å². The summed E-state index contributed by atoms with van der Waals surface area (Å²) in [5, 5.41) is 15.7. The van der Waals surface area contributed by atoms with E-state index in [2.05, 4.69) is 15.6 Å². The lowest BCUT2D eigenvalue weighted by Gasteiger charge is -2.09. The highest BCUT2D eigenvalue weighted by atomic mass is 35.5. The van der Waals surface area contributed by atoms with Gasteiger partial charge < -0.3 is 10.6 Å². The maximum Gasteiger partial charge on any atom is 0.257 e. The molecule has 2 N–H and O–H groups in total. The third-order valence-corrected chi connectivity index (χ3v) is 4.12. The molecule has 0 aliphatic carbocycles. The number of carbonyl (C=O) groups excluding carboxylic acids is 1. The van der Waals surface area contributed by atoms with Gasteiger partial charge in [0.2, 0.25) is 0 Å². The molecule has 1 heterocycles. The van der Waals surface area contributed by atoms with Crippen LogP contribution in [0.5, 0.6) is 0 Å². The second-order valence-electron chi connectivity index (χ2n) is 5.92. The zero-order valence-electron chi connectivity index (χ0n) is 14.4. The van der Waals surface area contributed by atoms with Gasteiger partial charge >= 0.3 is 0 Å². The third-order valence-electron chi connectivity index (χ3n) is 3.88. The van der Waals surface area contributed by atoms with Crippen LogP contribution in [0.4, 0.5) is 11.4 Å². The topological polar surface area (TPSA) is 77.8 Å². The van der Waals surface area contributed by atoms with Crippen LogP contribution in [-0.2, 0) is 6.42 Å². The van der Waals surface area contributed by atoms with Gasteiger partial charge in [0.25, 0.3) is 5.91 Å². The highest BCUT2D eigenvalue weighted by Crippen LogP contribution is 2.15. The first-order valence-electron chi connectivity index (χ1n) is 8.39. The normalized spacial score (nSPS) is 10.1. The predicted octanol–water partition coefficient (Wildman–Crippen LogP) is 4.51. The van der Waals surface area contributed by atoms with E-state index >= 15 is 0 Å². The van der Waals surface area contributed by atoms with Crippen molar-refractivity contribution in [1.29, 1.82) is 5.26 Å². The second kappa shape index (κ2) is 8.84. The van der Waals surface area contributed by atoms with Crippen LogP contribution in [0.2, 0.25) is 5.02 Å². The summed E-state index contributed by atoms with van der Waals surface area (Å²) < 4.78 is 0. The average Bonchev–Trinajstić information content (AvgIpc) is 2.68. The molecule has 1 amide bonds. The number of nitriles is 1. The lowest BCUT2D eigenvalue weighted by Crippen LogP contribution is -2.13. The fraction of sp³-hybridized carbons (Fsp3) is 0.0952. The Bertz CT molecular complexity index is 997. The summed E-state index contributed by atoms with van der Waals surface area (Å²) in [4.78, 5) is 16.5. The van der Waals surface area contributed by atoms with Crippen molar-refractivity contribution in [2.45, 2.75) is 6.42 Å². The zero-order valence-corrected chi connectivity index (χ0v) is 15.2. The first kappa shape index (κ1) is 18.4. The maximum absolute atomic E-state index is 12.4. The molecule has 0 aliphatic heterocycles. The van der Waals surface area contributed by atoms with E-state index in [4.69, 9.17) is 16.9 Å². The van der Waals surface area contributed by atoms with Crippen LogP contribution in [-0.4, -0.2) is 17.4 Å². The van der Waals surface area contributed by atoms with Crippen molar-refractivity contribution in [3.63, 3.8) is 0 Å². The number of nitrogens with one attached hydrogen (secondary N) is 2. The molecule has 134 valence electrons. The lowest BCUT2D eigenvalue weighted by molar-refractivity contribution is 0.102. The largest absolute Gasteiger partial charge is 0.383 e. The molecule has 27 heavy (non-hydrogen) atoms. The lowest BCUT2D eigenvalue weighted by atomic mass is 10.1. The number of benzene rings is 2. The molecule has 3 rings (SSSR count). The fourth-order valence-corrected chi connectivity index (χ4v) is 2.79. The average molecular weight is 377 g/mol. The molecule has 1 aromatic heterocycles. The van der Waals surface area contributed by atoms with Crippen LogP contribution in [0, 0.1) is 11.3 Å². The van der Waals surface area contributed by atoms with Crippen LogP contribution in [0.25, 0.3) is 0 Å². The van der Waals surface area contributed by atoms with E-state index < -0.39 is 0 Å². The number of rotatable bonds is 6. The molecule has 0 saturated carbocycles. The van der Waals surface area contributed by atoms with Crippen LogP contribution in [0.1, 0.15) is 21.5 Å². The van der Waals surface area contributed by atoms with Gasteiger partial charge in [0.15, 0.2) is 0 Å². The van der Waals surface area contributed by atoms with Crippen molar-refractivity contribution in [2.75, 3.05) is 17.2 Å². The summed E-state index contributed by atoms with van der Waals surface area (Å²) in [5.74, 6) is -0.281. The molecule has 0 atom stereocenters. The highest BCUT2D eigenvalue weighted by Gasteiger charge is 2.08. The number of anilines is 2. The van der Waals surface area contributed by atoms with E-state index in [1.807, 2.05) is 30.3 Å². The number of halogens is 1. The summed E-state index contributed by atoms with van der Waals surface area (Å²) in [6.07, 6.45) is 3.98. The fourth-order valence-electron chi connectivity index (χ4n) is 2.57. The van der Waals surface area contributed by atoms with Gasteiger partial charge in [0.1, 0.15) is 0 Å². The maximum atomic E-state index is 12.4. The number of pyridine rings is 1. The number of carbonyl (C=O) groups is 1. The Balaban J connectivity index is 1.60. The monoisotopic (exact) mass is 376 g/mol.